The fourth-order valence-corrected chi connectivity index (χ4v) is 2.91. The summed E-state index contributed by atoms with van der Waals surface area (Å²) in [4.78, 5) is 39.5. The van der Waals surface area contributed by atoms with Crippen LogP contribution in [0.3, 0.4) is 0 Å². The highest BCUT2D eigenvalue weighted by Gasteiger charge is 2.32. The SMILES string of the molecule is CC=C(/C=C(/NC(=O)NCc1ccc(Cc2ccnc(C(=O)NC)c2)cc1)C(C)=O)C(F)(F)F. The molecule has 10 heteroatoms. The Labute approximate surface area is 195 Å². The van der Waals surface area contributed by atoms with Crippen molar-refractivity contribution in [3.8, 4) is 0 Å². The average Bonchev–Trinajstić information content (AvgIpc) is 2.79. The smallest absolute Gasteiger partial charge is 0.354 e. The molecule has 0 aliphatic rings. The van der Waals surface area contributed by atoms with Crippen molar-refractivity contribution in [2.24, 2.45) is 0 Å². The van der Waals surface area contributed by atoms with E-state index in [4.69, 9.17) is 0 Å². The van der Waals surface area contributed by atoms with Gasteiger partial charge in [-0.2, -0.15) is 13.2 Å². The van der Waals surface area contributed by atoms with Gasteiger partial charge in [0.1, 0.15) is 5.69 Å². The lowest BCUT2D eigenvalue weighted by molar-refractivity contribution is -0.113. The second-order valence-electron chi connectivity index (χ2n) is 7.29. The van der Waals surface area contributed by atoms with E-state index >= 15 is 0 Å². The van der Waals surface area contributed by atoms with Gasteiger partial charge in [-0.25, -0.2) is 4.79 Å². The number of nitrogens with one attached hydrogen (secondary N) is 3. The zero-order valence-corrected chi connectivity index (χ0v) is 18.9. The molecular formula is C24H25F3N4O3. The molecule has 0 radical (unpaired) electrons. The van der Waals surface area contributed by atoms with Crippen LogP contribution in [0.5, 0.6) is 0 Å². The Hall–Kier alpha value is -3.95. The predicted octanol–water partition coefficient (Wildman–Crippen LogP) is 3.81. The number of pyridine rings is 1. The molecule has 0 saturated heterocycles. The molecule has 2 aromatic rings. The molecule has 0 saturated carbocycles. The lowest BCUT2D eigenvalue weighted by Gasteiger charge is -2.12. The largest absolute Gasteiger partial charge is 0.416 e. The fourth-order valence-electron chi connectivity index (χ4n) is 2.91. The minimum atomic E-state index is -4.64. The standard InChI is InChI=1S/C24H25F3N4O3/c1-4-19(24(25,26)27)13-20(15(2)32)31-23(34)30-14-17-7-5-16(6-8-17)11-18-9-10-29-21(12-18)22(33)28-3/h4-10,12-13H,11,14H2,1-3H3,(H,28,33)(H2,30,31,34)/b19-4?,20-13+. The minimum Gasteiger partial charge on any atom is -0.354 e. The first-order valence-corrected chi connectivity index (χ1v) is 10.3. The Kier molecular flexibility index (Phi) is 9.11. The molecule has 180 valence electrons. The van der Waals surface area contributed by atoms with E-state index in [1.165, 1.54) is 14.0 Å². The molecule has 1 aromatic heterocycles. The lowest BCUT2D eigenvalue weighted by Crippen LogP contribution is -2.36. The molecule has 0 bridgehead atoms. The average molecular weight is 474 g/mol. The number of allylic oxidation sites excluding steroid dienone is 4. The van der Waals surface area contributed by atoms with E-state index in [1.54, 1.807) is 24.4 Å². The van der Waals surface area contributed by atoms with Crippen LogP contribution in [0, 0.1) is 0 Å². The summed E-state index contributed by atoms with van der Waals surface area (Å²) >= 11 is 0. The number of ketones is 1. The predicted molar refractivity (Wildman–Crippen MR) is 121 cm³/mol. The number of urea groups is 1. The van der Waals surface area contributed by atoms with Crippen LogP contribution in [0.1, 0.15) is 41.0 Å². The van der Waals surface area contributed by atoms with Crippen LogP contribution in [0.15, 0.2) is 66.0 Å². The molecule has 3 amide bonds. The second kappa shape index (κ2) is 11.8. The van der Waals surface area contributed by atoms with E-state index in [0.717, 1.165) is 29.7 Å². The Morgan fingerprint density at radius 1 is 1.03 bits per heavy atom. The molecular weight excluding hydrogens is 449 g/mol. The Balaban J connectivity index is 1.98. The first-order valence-electron chi connectivity index (χ1n) is 10.3. The summed E-state index contributed by atoms with van der Waals surface area (Å²) in [6.45, 7) is 2.36. The molecule has 0 aliphatic heterocycles. The number of hydrogen-bond acceptors (Lipinski definition) is 4. The van der Waals surface area contributed by atoms with Gasteiger partial charge in [0.2, 0.25) is 0 Å². The number of amides is 3. The van der Waals surface area contributed by atoms with Crippen molar-refractivity contribution in [3.05, 3.63) is 88.4 Å². The van der Waals surface area contributed by atoms with Gasteiger partial charge >= 0.3 is 12.2 Å². The molecule has 0 aliphatic carbocycles. The second-order valence-corrected chi connectivity index (χ2v) is 7.29. The molecule has 3 N–H and O–H groups in total. The summed E-state index contributed by atoms with van der Waals surface area (Å²) < 4.78 is 38.8. The van der Waals surface area contributed by atoms with Crippen LogP contribution < -0.4 is 16.0 Å². The number of benzene rings is 1. The molecule has 2 rings (SSSR count). The summed E-state index contributed by atoms with van der Waals surface area (Å²) in [5.74, 6) is -0.983. The molecule has 0 fully saturated rings. The molecule has 0 spiro atoms. The van der Waals surface area contributed by atoms with Crippen molar-refractivity contribution < 1.29 is 27.6 Å². The highest BCUT2D eigenvalue weighted by atomic mass is 19.4. The van der Waals surface area contributed by atoms with Crippen LogP contribution in [-0.4, -0.2) is 35.9 Å². The van der Waals surface area contributed by atoms with Crippen LogP contribution in [-0.2, 0) is 17.8 Å². The number of alkyl halides is 3. The van der Waals surface area contributed by atoms with E-state index in [1.807, 2.05) is 18.2 Å². The van der Waals surface area contributed by atoms with Gasteiger partial charge < -0.3 is 16.0 Å². The number of rotatable bonds is 8. The minimum absolute atomic E-state index is 0.100. The third-order valence-corrected chi connectivity index (χ3v) is 4.73. The van der Waals surface area contributed by atoms with Crippen molar-refractivity contribution in [1.82, 2.24) is 20.9 Å². The Morgan fingerprint density at radius 3 is 2.24 bits per heavy atom. The van der Waals surface area contributed by atoms with Gasteiger partial charge in [0.25, 0.3) is 5.91 Å². The first kappa shape index (κ1) is 26.3. The van der Waals surface area contributed by atoms with Gasteiger partial charge in [-0.3, -0.25) is 14.6 Å². The van der Waals surface area contributed by atoms with Crippen LogP contribution in [0.4, 0.5) is 18.0 Å². The highest BCUT2D eigenvalue weighted by Crippen LogP contribution is 2.27. The van der Waals surface area contributed by atoms with Crippen LogP contribution >= 0.6 is 0 Å². The first-order chi connectivity index (χ1) is 16.0. The zero-order chi connectivity index (χ0) is 25.3. The molecule has 1 aromatic carbocycles. The van der Waals surface area contributed by atoms with Crippen molar-refractivity contribution in [2.75, 3.05) is 7.05 Å². The maximum absolute atomic E-state index is 12.9. The topological polar surface area (TPSA) is 100 Å². The molecule has 34 heavy (non-hydrogen) atoms. The normalized spacial score (nSPS) is 12.2. The number of aromatic nitrogens is 1. The third kappa shape index (κ3) is 7.88. The van der Waals surface area contributed by atoms with Crippen LogP contribution in [0.25, 0.3) is 0 Å². The highest BCUT2D eigenvalue weighted by molar-refractivity contribution is 5.97. The number of Topliss-reactive ketones (excluding diaryl/α,β-unsaturated/α-hetero) is 1. The van der Waals surface area contributed by atoms with Crippen molar-refractivity contribution in [3.63, 3.8) is 0 Å². The van der Waals surface area contributed by atoms with Crippen molar-refractivity contribution in [1.29, 1.82) is 0 Å². The molecule has 1 heterocycles. The summed E-state index contributed by atoms with van der Waals surface area (Å²) in [7, 11) is 1.53. The van der Waals surface area contributed by atoms with Gasteiger partial charge in [0.05, 0.1) is 11.3 Å². The Morgan fingerprint density at radius 2 is 1.68 bits per heavy atom. The third-order valence-electron chi connectivity index (χ3n) is 4.73. The number of nitrogens with zero attached hydrogens (tertiary/aromatic N) is 1. The molecule has 0 atom stereocenters. The lowest BCUT2D eigenvalue weighted by atomic mass is 10.0. The van der Waals surface area contributed by atoms with Gasteiger partial charge in [-0.1, -0.05) is 30.3 Å². The quantitative estimate of drug-likeness (QED) is 0.400. The van der Waals surface area contributed by atoms with E-state index in [9.17, 15) is 27.6 Å². The number of halogens is 3. The van der Waals surface area contributed by atoms with Gasteiger partial charge in [-0.15, -0.1) is 0 Å². The van der Waals surface area contributed by atoms with E-state index in [-0.39, 0.29) is 12.5 Å². The number of hydrogen-bond donors (Lipinski definition) is 3. The van der Waals surface area contributed by atoms with E-state index in [2.05, 4.69) is 20.9 Å². The number of carbonyl (C=O) groups is 3. The molecule has 7 nitrogen and oxygen atoms in total. The fraction of sp³-hybridized carbons (Fsp3) is 0.250. The maximum Gasteiger partial charge on any atom is 0.416 e. The van der Waals surface area contributed by atoms with Gasteiger partial charge in [0.15, 0.2) is 5.78 Å². The number of carbonyl (C=O) groups excluding carboxylic acids is 3. The van der Waals surface area contributed by atoms with Gasteiger partial charge in [-0.05, 0) is 48.2 Å². The van der Waals surface area contributed by atoms with E-state index in [0.29, 0.717) is 18.2 Å². The summed E-state index contributed by atoms with van der Waals surface area (Å²) in [6, 6.07) is 10.0. The summed E-state index contributed by atoms with van der Waals surface area (Å²) in [5, 5.41) is 7.21. The Bertz CT molecular complexity index is 1110. The maximum atomic E-state index is 12.9. The van der Waals surface area contributed by atoms with Crippen LogP contribution in [0.2, 0.25) is 0 Å². The van der Waals surface area contributed by atoms with Crippen molar-refractivity contribution in [2.45, 2.75) is 33.0 Å². The zero-order valence-electron chi connectivity index (χ0n) is 18.9. The summed E-state index contributed by atoms with van der Waals surface area (Å²) in [6.07, 6.45) is -1.09. The van der Waals surface area contributed by atoms with Gasteiger partial charge in [0, 0.05) is 26.7 Å². The van der Waals surface area contributed by atoms with Crippen molar-refractivity contribution >= 4 is 17.7 Å². The van der Waals surface area contributed by atoms with E-state index < -0.39 is 29.3 Å². The summed E-state index contributed by atoms with van der Waals surface area (Å²) in [5.41, 5.74) is 1.44. The monoisotopic (exact) mass is 474 g/mol. The molecule has 0 unspecified atom stereocenters.